The first-order valence-corrected chi connectivity index (χ1v) is 9.66. The molecular weight excluding hydrogens is 372 g/mol. The van der Waals surface area contributed by atoms with Gasteiger partial charge in [-0.05, 0) is 48.2 Å². The van der Waals surface area contributed by atoms with Gasteiger partial charge in [-0.3, -0.25) is 9.59 Å². The van der Waals surface area contributed by atoms with E-state index in [-0.39, 0.29) is 24.2 Å². The molecule has 2 rings (SSSR count). The van der Waals surface area contributed by atoms with Gasteiger partial charge in [0.15, 0.2) is 12.4 Å². The molecule has 0 bridgehead atoms. The average Bonchev–Trinajstić information content (AvgIpc) is 3.20. The second-order valence-corrected chi connectivity index (χ2v) is 7.67. The molecule has 0 radical (unpaired) electrons. The smallest absolute Gasteiger partial charge is 0.338 e. The Morgan fingerprint density at radius 3 is 2.14 bits per heavy atom. The summed E-state index contributed by atoms with van der Waals surface area (Å²) in [5, 5.41) is 2.67. The number of ether oxygens (including phenoxy) is 1. The van der Waals surface area contributed by atoms with Crippen LogP contribution < -0.4 is 5.32 Å². The number of esters is 1. The summed E-state index contributed by atoms with van der Waals surface area (Å²) < 4.78 is 10.2. The number of amides is 2. The van der Waals surface area contributed by atoms with Crippen LogP contribution in [0, 0.1) is 11.8 Å². The maximum atomic E-state index is 12.4. The quantitative estimate of drug-likeness (QED) is 0.646. The molecule has 7 heteroatoms. The molecule has 0 aliphatic heterocycles. The van der Waals surface area contributed by atoms with E-state index in [1.54, 1.807) is 29.2 Å². The van der Waals surface area contributed by atoms with Crippen LogP contribution in [0.15, 0.2) is 47.1 Å². The molecule has 0 fully saturated rings. The normalized spacial score (nSPS) is 10.8. The van der Waals surface area contributed by atoms with Crippen molar-refractivity contribution in [2.45, 2.75) is 27.7 Å². The number of hydrogen-bond acceptors (Lipinski definition) is 5. The summed E-state index contributed by atoms with van der Waals surface area (Å²) in [7, 11) is 0. The van der Waals surface area contributed by atoms with Crippen molar-refractivity contribution < 1.29 is 23.5 Å². The lowest BCUT2D eigenvalue weighted by Crippen LogP contribution is -2.39. The zero-order valence-electron chi connectivity index (χ0n) is 17.3. The number of anilines is 1. The van der Waals surface area contributed by atoms with Gasteiger partial charge in [0.1, 0.15) is 0 Å². The van der Waals surface area contributed by atoms with Crippen LogP contribution in [-0.4, -0.2) is 42.4 Å². The van der Waals surface area contributed by atoms with Crippen LogP contribution in [0.5, 0.6) is 0 Å². The minimum atomic E-state index is -0.587. The summed E-state index contributed by atoms with van der Waals surface area (Å²) in [6.45, 7) is 9.11. The summed E-state index contributed by atoms with van der Waals surface area (Å²) in [5.41, 5.74) is 0.812. The molecule has 0 spiro atoms. The molecule has 0 atom stereocenters. The maximum absolute atomic E-state index is 12.4. The van der Waals surface area contributed by atoms with E-state index in [0.717, 1.165) is 0 Å². The van der Waals surface area contributed by atoms with Crippen molar-refractivity contribution >= 4 is 23.5 Å². The minimum absolute atomic E-state index is 0.194. The largest absolute Gasteiger partial charge is 0.459 e. The number of benzene rings is 1. The molecule has 0 saturated heterocycles. The summed E-state index contributed by atoms with van der Waals surface area (Å²) in [5.74, 6) is -0.320. The average molecular weight is 400 g/mol. The highest BCUT2D eigenvalue weighted by Crippen LogP contribution is 2.13. The van der Waals surface area contributed by atoms with E-state index in [2.05, 4.69) is 5.32 Å². The van der Waals surface area contributed by atoms with Gasteiger partial charge in [-0.15, -0.1) is 0 Å². The van der Waals surface area contributed by atoms with Crippen molar-refractivity contribution in [3.05, 3.63) is 54.0 Å². The van der Waals surface area contributed by atoms with Crippen molar-refractivity contribution in [1.29, 1.82) is 0 Å². The predicted molar refractivity (Wildman–Crippen MR) is 110 cm³/mol. The highest BCUT2D eigenvalue weighted by Gasteiger charge is 2.18. The summed E-state index contributed by atoms with van der Waals surface area (Å²) in [6.07, 6.45) is 1.42. The first kappa shape index (κ1) is 22.2. The van der Waals surface area contributed by atoms with Gasteiger partial charge < -0.3 is 19.4 Å². The van der Waals surface area contributed by atoms with E-state index >= 15 is 0 Å². The zero-order valence-corrected chi connectivity index (χ0v) is 17.3. The second-order valence-electron chi connectivity index (χ2n) is 7.67. The fraction of sp³-hybridized carbons (Fsp3) is 0.409. The molecule has 0 aliphatic rings. The van der Waals surface area contributed by atoms with E-state index in [1.807, 2.05) is 27.7 Å². The van der Waals surface area contributed by atoms with Gasteiger partial charge >= 0.3 is 5.97 Å². The maximum Gasteiger partial charge on any atom is 0.338 e. The van der Waals surface area contributed by atoms with Gasteiger partial charge in [0.25, 0.3) is 11.8 Å². The molecule has 29 heavy (non-hydrogen) atoms. The van der Waals surface area contributed by atoms with Crippen molar-refractivity contribution in [2.75, 3.05) is 25.0 Å². The van der Waals surface area contributed by atoms with Gasteiger partial charge in [0, 0.05) is 18.8 Å². The Balaban J connectivity index is 1.89. The molecule has 7 nitrogen and oxygen atoms in total. The molecule has 2 aromatic rings. The number of carbonyl (C=O) groups excluding carboxylic acids is 3. The van der Waals surface area contributed by atoms with Crippen LogP contribution in [-0.2, 0) is 9.53 Å². The number of nitrogens with zero attached hydrogens (tertiary/aromatic N) is 1. The monoisotopic (exact) mass is 400 g/mol. The number of furan rings is 1. The highest BCUT2D eigenvalue weighted by molar-refractivity contribution is 6.02. The lowest BCUT2D eigenvalue weighted by molar-refractivity contribution is -0.135. The third kappa shape index (κ3) is 7.10. The van der Waals surface area contributed by atoms with Gasteiger partial charge in [-0.1, -0.05) is 27.7 Å². The standard InChI is InChI=1S/C22H28N2O5/c1-15(2)12-24(13-16(3)4)20(25)14-29-22(27)17-7-9-18(10-8-17)23-21(26)19-6-5-11-28-19/h5-11,15-16H,12-14H2,1-4H3,(H,23,26). The Morgan fingerprint density at radius 2 is 1.62 bits per heavy atom. The fourth-order valence-electron chi connectivity index (χ4n) is 2.75. The summed E-state index contributed by atoms with van der Waals surface area (Å²) in [6, 6.07) is 9.42. The number of carbonyl (C=O) groups is 3. The Kier molecular flexibility index (Phi) is 8.00. The molecule has 0 saturated carbocycles. The topological polar surface area (TPSA) is 88.9 Å². The predicted octanol–water partition coefficient (Wildman–Crippen LogP) is 3.83. The van der Waals surface area contributed by atoms with E-state index in [0.29, 0.717) is 36.2 Å². The van der Waals surface area contributed by atoms with Gasteiger partial charge in [-0.25, -0.2) is 4.79 Å². The summed E-state index contributed by atoms with van der Waals surface area (Å²) >= 11 is 0. The number of hydrogen-bond donors (Lipinski definition) is 1. The summed E-state index contributed by atoms with van der Waals surface area (Å²) in [4.78, 5) is 38.4. The highest BCUT2D eigenvalue weighted by atomic mass is 16.5. The van der Waals surface area contributed by atoms with Crippen molar-refractivity contribution in [2.24, 2.45) is 11.8 Å². The molecule has 1 aromatic carbocycles. The molecule has 156 valence electrons. The first-order valence-electron chi connectivity index (χ1n) is 9.66. The van der Waals surface area contributed by atoms with Crippen LogP contribution in [0.2, 0.25) is 0 Å². The first-order chi connectivity index (χ1) is 13.8. The molecule has 1 heterocycles. The van der Waals surface area contributed by atoms with Crippen LogP contribution in [0.3, 0.4) is 0 Å². The lowest BCUT2D eigenvalue weighted by Gasteiger charge is -2.26. The van der Waals surface area contributed by atoms with Crippen molar-refractivity contribution in [3.8, 4) is 0 Å². The number of rotatable bonds is 9. The van der Waals surface area contributed by atoms with Crippen molar-refractivity contribution in [1.82, 2.24) is 4.90 Å². The molecule has 0 unspecified atom stereocenters. The number of nitrogens with one attached hydrogen (secondary N) is 1. The van der Waals surface area contributed by atoms with Gasteiger partial charge in [0.2, 0.25) is 0 Å². The Bertz CT molecular complexity index is 800. The second kappa shape index (κ2) is 10.5. The Hall–Kier alpha value is -3.09. The fourth-order valence-corrected chi connectivity index (χ4v) is 2.75. The van der Waals surface area contributed by atoms with Gasteiger partial charge in [-0.2, -0.15) is 0 Å². The lowest BCUT2D eigenvalue weighted by atomic mass is 10.1. The Morgan fingerprint density at radius 1 is 1.00 bits per heavy atom. The van der Waals surface area contributed by atoms with E-state index < -0.39 is 5.97 Å². The Labute approximate surface area is 171 Å². The van der Waals surface area contributed by atoms with Gasteiger partial charge in [0.05, 0.1) is 11.8 Å². The van der Waals surface area contributed by atoms with Crippen LogP contribution in [0.25, 0.3) is 0 Å². The SMILES string of the molecule is CC(C)CN(CC(C)C)C(=O)COC(=O)c1ccc(NC(=O)c2ccco2)cc1. The molecule has 1 N–H and O–H groups in total. The minimum Gasteiger partial charge on any atom is -0.459 e. The van der Waals surface area contributed by atoms with Crippen molar-refractivity contribution in [3.63, 3.8) is 0 Å². The van der Waals surface area contributed by atoms with E-state index in [1.165, 1.54) is 18.4 Å². The third-order valence-electron chi connectivity index (χ3n) is 3.97. The molecule has 2 amide bonds. The van der Waals surface area contributed by atoms with E-state index in [4.69, 9.17) is 9.15 Å². The third-order valence-corrected chi connectivity index (χ3v) is 3.97. The molecule has 0 aliphatic carbocycles. The van der Waals surface area contributed by atoms with E-state index in [9.17, 15) is 14.4 Å². The molecular formula is C22H28N2O5. The zero-order chi connectivity index (χ0) is 21.4. The van der Waals surface area contributed by atoms with Crippen LogP contribution in [0.4, 0.5) is 5.69 Å². The molecule has 1 aromatic heterocycles. The van der Waals surface area contributed by atoms with Crippen LogP contribution >= 0.6 is 0 Å². The van der Waals surface area contributed by atoms with Crippen LogP contribution in [0.1, 0.15) is 48.6 Å².